The molecule has 152 valence electrons. The first-order valence-corrected chi connectivity index (χ1v) is 8.22. The van der Waals surface area contributed by atoms with Crippen molar-refractivity contribution in [2.24, 2.45) is 16.2 Å². The summed E-state index contributed by atoms with van der Waals surface area (Å²) in [7, 11) is 0. The van der Waals surface area contributed by atoms with Crippen molar-refractivity contribution in [2.45, 2.75) is 54.3 Å². The Bertz CT molecular complexity index is 475. The van der Waals surface area contributed by atoms with Gasteiger partial charge >= 0.3 is 0 Å². The SMILES string of the molecule is CC(NC(=O)C(C)(C)CF)(NC(=O)C(C)(C)CF)NC(=O)C(C)(C)CF. The minimum Gasteiger partial charge on any atom is -0.316 e. The first-order valence-electron chi connectivity index (χ1n) is 8.22. The second kappa shape index (κ2) is 8.26. The van der Waals surface area contributed by atoms with E-state index in [2.05, 4.69) is 16.0 Å². The van der Waals surface area contributed by atoms with Crippen molar-refractivity contribution in [3.63, 3.8) is 0 Å². The van der Waals surface area contributed by atoms with Crippen molar-refractivity contribution in [1.29, 1.82) is 0 Å². The van der Waals surface area contributed by atoms with Crippen LogP contribution in [0.25, 0.3) is 0 Å². The lowest BCUT2D eigenvalue weighted by atomic mass is 9.92. The van der Waals surface area contributed by atoms with Crippen molar-refractivity contribution in [1.82, 2.24) is 16.0 Å². The Morgan fingerprint density at radius 2 is 0.769 bits per heavy atom. The summed E-state index contributed by atoms with van der Waals surface area (Å²) in [4.78, 5) is 36.9. The molecule has 6 nitrogen and oxygen atoms in total. The highest BCUT2D eigenvalue weighted by atomic mass is 19.1. The number of rotatable bonds is 9. The standard InChI is InChI=1S/C17H30F3N3O3/c1-14(2,8-18)11(24)21-17(7,22-12(25)15(3,4)9-19)23-13(26)16(5,6)10-20/h8-10H2,1-7H3,(H,21,24)(H,22,25)(H,23,26). The molecule has 0 atom stereocenters. The van der Waals surface area contributed by atoms with E-state index in [0.29, 0.717) is 0 Å². The molecule has 0 saturated heterocycles. The largest absolute Gasteiger partial charge is 0.316 e. The molecule has 0 unspecified atom stereocenters. The Kier molecular flexibility index (Phi) is 7.69. The molecule has 3 N–H and O–H groups in total. The molecule has 0 saturated carbocycles. The third kappa shape index (κ3) is 6.17. The van der Waals surface area contributed by atoms with Crippen LogP contribution in [0.4, 0.5) is 13.2 Å². The predicted octanol–water partition coefficient (Wildman–Crippen LogP) is 2.00. The number of hydrogen-bond donors (Lipinski definition) is 3. The molecule has 0 aliphatic heterocycles. The van der Waals surface area contributed by atoms with Gasteiger partial charge in [-0.2, -0.15) is 0 Å². The molecule has 3 amide bonds. The van der Waals surface area contributed by atoms with Gasteiger partial charge in [0.1, 0.15) is 20.0 Å². The van der Waals surface area contributed by atoms with Crippen molar-refractivity contribution in [2.75, 3.05) is 20.0 Å². The Morgan fingerprint density at radius 3 is 0.923 bits per heavy atom. The summed E-state index contributed by atoms with van der Waals surface area (Å²) in [6.07, 6.45) is 0. The van der Waals surface area contributed by atoms with Crippen LogP contribution in [0.15, 0.2) is 0 Å². The number of hydrogen-bond acceptors (Lipinski definition) is 3. The molecule has 0 radical (unpaired) electrons. The molecular weight excluding hydrogens is 351 g/mol. The maximum absolute atomic E-state index is 13.1. The highest BCUT2D eigenvalue weighted by molar-refractivity contribution is 5.88. The van der Waals surface area contributed by atoms with Gasteiger partial charge in [-0.1, -0.05) is 0 Å². The van der Waals surface area contributed by atoms with Crippen molar-refractivity contribution in [3.05, 3.63) is 0 Å². The Balaban J connectivity index is 5.69. The number of amides is 3. The van der Waals surface area contributed by atoms with E-state index in [0.717, 1.165) is 0 Å². The van der Waals surface area contributed by atoms with Crippen LogP contribution < -0.4 is 16.0 Å². The second-order valence-electron chi connectivity index (χ2n) is 8.54. The van der Waals surface area contributed by atoms with E-state index in [1.807, 2.05) is 0 Å². The number of carbonyl (C=O) groups excluding carboxylic acids is 3. The zero-order chi connectivity index (χ0) is 21.0. The fourth-order valence-corrected chi connectivity index (χ4v) is 1.46. The highest BCUT2D eigenvalue weighted by Crippen LogP contribution is 2.21. The number of alkyl halides is 3. The summed E-state index contributed by atoms with van der Waals surface area (Å²) in [5.41, 5.74) is -4.29. The lowest BCUT2D eigenvalue weighted by molar-refractivity contribution is -0.141. The number of halogens is 3. The van der Waals surface area contributed by atoms with Crippen LogP contribution in [0, 0.1) is 16.2 Å². The molecule has 0 fully saturated rings. The first-order chi connectivity index (χ1) is 11.6. The zero-order valence-corrected chi connectivity index (χ0v) is 16.5. The topological polar surface area (TPSA) is 87.3 Å². The summed E-state index contributed by atoms with van der Waals surface area (Å²) in [5.74, 6) is -4.24. The third-order valence-electron chi connectivity index (χ3n) is 3.94. The van der Waals surface area contributed by atoms with Gasteiger partial charge in [0.25, 0.3) is 0 Å². The minimum absolute atomic E-state index is 0.792. The summed E-state index contributed by atoms with van der Waals surface area (Å²) < 4.78 is 39.2. The summed E-state index contributed by atoms with van der Waals surface area (Å²) in [6, 6.07) is 0. The lowest BCUT2D eigenvalue weighted by Gasteiger charge is -2.38. The Morgan fingerprint density at radius 1 is 0.577 bits per heavy atom. The number of carbonyl (C=O) groups is 3. The van der Waals surface area contributed by atoms with Gasteiger partial charge in [0.15, 0.2) is 5.79 Å². The van der Waals surface area contributed by atoms with Gasteiger partial charge in [0.05, 0.1) is 16.2 Å². The lowest BCUT2D eigenvalue weighted by Crippen LogP contribution is -2.72. The quantitative estimate of drug-likeness (QED) is 0.534. The van der Waals surface area contributed by atoms with Crippen LogP contribution in [0.2, 0.25) is 0 Å². The molecule has 9 heteroatoms. The summed E-state index contributed by atoms with van der Waals surface area (Å²) >= 11 is 0. The number of nitrogens with one attached hydrogen (secondary N) is 3. The molecule has 26 heavy (non-hydrogen) atoms. The Hall–Kier alpha value is -1.80. The van der Waals surface area contributed by atoms with Gasteiger partial charge in [0, 0.05) is 0 Å². The van der Waals surface area contributed by atoms with Crippen molar-refractivity contribution in [3.8, 4) is 0 Å². The van der Waals surface area contributed by atoms with Crippen LogP contribution in [-0.2, 0) is 14.4 Å². The van der Waals surface area contributed by atoms with Crippen LogP contribution in [-0.4, -0.2) is 43.5 Å². The average Bonchev–Trinajstić information content (AvgIpc) is 2.53. The predicted molar refractivity (Wildman–Crippen MR) is 92.1 cm³/mol. The van der Waals surface area contributed by atoms with Crippen LogP contribution in [0.5, 0.6) is 0 Å². The molecule has 0 aliphatic rings. The molecular formula is C17H30F3N3O3. The molecule has 0 spiro atoms. The third-order valence-corrected chi connectivity index (χ3v) is 3.94. The van der Waals surface area contributed by atoms with E-state index in [4.69, 9.17) is 0 Å². The Labute approximate surface area is 152 Å². The molecule has 0 aromatic carbocycles. The van der Waals surface area contributed by atoms with E-state index >= 15 is 0 Å². The van der Waals surface area contributed by atoms with Crippen LogP contribution >= 0.6 is 0 Å². The minimum atomic E-state index is -1.86. The van der Waals surface area contributed by atoms with Gasteiger partial charge < -0.3 is 16.0 Å². The molecule has 0 aromatic heterocycles. The smallest absolute Gasteiger partial charge is 0.231 e. The fourth-order valence-electron chi connectivity index (χ4n) is 1.46. The summed E-state index contributed by atoms with van der Waals surface area (Å²) in [5, 5.41) is 7.05. The molecule has 0 aliphatic carbocycles. The van der Waals surface area contributed by atoms with Gasteiger partial charge in [-0.15, -0.1) is 0 Å². The molecule has 0 rings (SSSR count). The second-order valence-corrected chi connectivity index (χ2v) is 8.54. The first kappa shape index (κ1) is 24.2. The maximum atomic E-state index is 13.1. The van der Waals surface area contributed by atoms with Crippen molar-refractivity contribution < 1.29 is 27.6 Å². The van der Waals surface area contributed by atoms with E-state index in [1.54, 1.807) is 0 Å². The van der Waals surface area contributed by atoms with Gasteiger partial charge in [-0.3, -0.25) is 14.4 Å². The van der Waals surface area contributed by atoms with Crippen LogP contribution in [0.3, 0.4) is 0 Å². The van der Waals surface area contributed by atoms with Crippen LogP contribution in [0.1, 0.15) is 48.5 Å². The van der Waals surface area contributed by atoms with Crippen molar-refractivity contribution >= 4 is 17.7 Å². The van der Waals surface area contributed by atoms with Gasteiger partial charge in [-0.05, 0) is 48.5 Å². The normalized spacial score (nSPS) is 13.2. The summed E-state index contributed by atoms with van der Waals surface area (Å²) in [6.45, 7) is 6.32. The highest BCUT2D eigenvalue weighted by Gasteiger charge is 2.41. The maximum Gasteiger partial charge on any atom is 0.231 e. The van der Waals surface area contributed by atoms with E-state index in [9.17, 15) is 27.6 Å². The zero-order valence-electron chi connectivity index (χ0n) is 16.5. The molecule has 0 bridgehead atoms. The fraction of sp³-hybridized carbons (Fsp3) is 0.824. The monoisotopic (exact) mass is 381 g/mol. The molecule has 0 aromatic rings. The average molecular weight is 381 g/mol. The van der Waals surface area contributed by atoms with E-state index in [1.165, 1.54) is 48.5 Å². The van der Waals surface area contributed by atoms with Gasteiger partial charge in [0.2, 0.25) is 17.7 Å². The van der Waals surface area contributed by atoms with E-state index < -0.39 is 59.8 Å². The van der Waals surface area contributed by atoms with E-state index in [-0.39, 0.29) is 0 Å². The van der Waals surface area contributed by atoms with Gasteiger partial charge in [-0.25, -0.2) is 13.2 Å². The molecule has 0 heterocycles.